The fourth-order valence-corrected chi connectivity index (χ4v) is 3.12. The van der Waals surface area contributed by atoms with Gasteiger partial charge in [0.2, 0.25) is 0 Å². The third kappa shape index (κ3) is 5.70. The van der Waals surface area contributed by atoms with Gasteiger partial charge in [-0.25, -0.2) is 4.98 Å². The summed E-state index contributed by atoms with van der Waals surface area (Å²) < 4.78 is 2.08. The van der Waals surface area contributed by atoms with Crippen molar-refractivity contribution in [2.45, 2.75) is 33.1 Å². The second kappa shape index (κ2) is 10.5. The van der Waals surface area contributed by atoms with E-state index in [2.05, 4.69) is 77.3 Å². The molecule has 0 saturated carbocycles. The van der Waals surface area contributed by atoms with E-state index in [4.69, 9.17) is 4.98 Å². The van der Waals surface area contributed by atoms with Gasteiger partial charge in [0.1, 0.15) is 5.65 Å². The topological polar surface area (TPSA) is 53.7 Å². The summed E-state index contributed by atoms with van der Waals surface area (Å²) in [4.78, 5) is 9.04. The van der Waals surface area contributed by atoms with Crippen LogP contribution in [0.15, 0.2) is 53.8 Å². The van der Waals surface area contributed by atoms with Gasteiger partial charge in [-0.05, 0) is 37.0 Å². The molecule has 0 aliphatic carbocycles. The number of benzene rings is 1. The number of halogens is 1. The van der Waals surface area contributed by atoms with E-state index in [-0.39, 0.29) is 24.0 Å². The number of nitrogens with one attached hydrogen (secondary N) is 2. The van der Waals surface area contributed by atoms with Gasteiger partial charge < -0.3 is 15.0 Å². The second-order valence-electron chi connectivity index (χ2n) is 7.10. The number of aliphatic imine (C=N–C) groups is 1. The summed E-state index contributed by atoms with van der Waals surface area (Å²) in [5.74, 6) is 1.25. The van der Waals surface area contributed by atoms with E-state index >= 15 is 0 Å². The Bertz CT molecular complexity index is 914. The monoisotopic (exact) mass is 491 g/mol. The van der Waals surface area contributed by atoms with Gasteiger partial charge in [0.25, 0.3) is 0 Å². The lowest BCUT2D eigenvalue weighted by molar-refractivity contribution is 0.697. The molecule has 150 valence electrons. The molecule has 0 amide bonds. The molecule has 0 saturated heterocycles. The number of aromatic nitrogens is 2. The molecule has 2 heterocycles. The number of aryl methyl sites for hydroxylation is 2. The first-order valence-electron chi connectivity index (χ1n) is 9.51. The van der Waals surface area contributed by atoms with Crippen LogP contribution in [0.3, 0.4) is 0 Å². The van der Waals surface area contributed by atoms with E-state index < -0.39 is 0 Å². The number of imidazole rings is 1. The summed E-state index contributed by atoms with van der Waals surface area (Å²) >= 11 is 0. The average Bonchev–Trinajstić information content (AvgIpc) is 3.09. The minimum atomic E-state index is 0. The van der Waals surface area contributed by atoms with Crippen molar-refractivity contribution >= 4 is 35.6 Å². The van der Waals surface area contributed by atoms with Crippen molar-refractivity contribution in [1.29, 1.82) is 0 Å². The maximum absolute atomic E-state index is 4.72. The van der Waals surface area contributed by atoms with Crippen LogP contribution in [-0.4, -0.2) is 35.5 Å². The van der Waals surface area contributed by atoms with Crippen LogP contribution >= 0.6 is 24.0 Å². The predicted molar refractivity (Wildman–Crippen MR) is 128 cm³/mol. The van der Waals surface area contributed by atoms with E-state index in [0.29, 0.717) is 5.92 Å². The predicted octanol–water partition coefficient (Wildman–Crippen LogP) is 4.08. The second-order valence-corrected chi connectivity index (χ2v) is 7.10. The normalized spacial score (nSPS) is 12.5. The highest BCUT2D eigenvalue weighted by Crippen LogP contribution is 2.14. The number of pyridine rings is 1. The Morgan fingerprint density at radius 1 is 1.14 bits per heavy atom. The lowest BCUT2D eigenvalue weighted by Crippen LogP contribution is -2.39. The number of hydrogen-bond donors (Lipinski definition) is 2. The molecule has 1 atom stereocenters. The largest absolute Gasteiger partial charge is 0.356 e. The van der Waals surface area contributed by atoms with Gasteiger partial charge >= 0.3 is 0 Å². The molecule has 6 heteroatoms. The summed E-state index contributed by atoms with van der Waals surface area (Å²) in [5, 5.41) is 6.80. The van der Waals surface area contributed by atoms with Crippen LogP contribution in [0.25, 0.3) is 5.65 Å². The van der Waals surface area contributed by atoms with Crippen LogP contribution in [0, 0.1) is 13.8 Å². The van der Waals surface area contributed by atoms with Gasteiger partial charge in [0.05, 0.1) is 5.69 Å². The maximum Gasteiger partial charge on any atom is 0.191 e. The molecule has 5 nitrogen and oxygen atoms in total. The first-order chi connectivity index (χ1) is 13.1. The van der Waals surface area contributed by atoms with Gasteiger partial charge in [0.15, 0.2) is 5.96 Å². The van der Waals surface area contributed by atoms with Crippen LogP contribution < -0.4 is 10.6 Å². The minimum absolute atomic E-state index is 0. The van der Waals surface area contributed by atoms with Crippen molar-refractivity contribution in [2.24, 2.45) is 4.99 Å². The highest BCUT2D eigenvalue weighted by molar-refractivity contribution is 14.0. The standard InChI is InChI=1S/C22H29N5.HI/c1-16-7-9-19(10-8-16)18(3)14-25-22(23-4)24-12-11-20-15-27-13-5-6-17(2)21(27)26-20;/h5-10,13,15,18H,11-12,14H2,1-4H3,(H2,23,24,25);1H. The molecule has 0 bridgehead atoms. The summed E-state index contributed by atoms with van der Waals surface area (Å²) in [6, 6.07) is 12.9. The van der Waals surface area contributed by atoms with E-state index in [1.807, 2.05) is 12.3 Å². The van der Waals surface area contributed by atoms with Gasteiger partial charge in [-0.15, -0.1) is 24.0 Å². The van der Waals surface area contributed by atoms with Gasteiger partial charge in [-0.2, -0.15) is 0 Å². The molecule has 2 N–H and O–H groups in total. The molecule has 0 spiro atoms. The Hall–Kier alpha value is -2.09. The zero-order chi connectivity index (χ0) is 19.2. The Balaban J connectivity index is 0.00000280. The molecule has 28 heavy (non-hydrogen) atoms. The van der Waals surface area contributed by atoms with Crippen LogP contribution in [0.2, 0.25) is 0 Å². The third-order valence-electron chi connectivity index (χ3n) is 4.85. The Morgan fingerprint density at radius 3 is 2.57 bits per heavy atom. The number of hydrogen-bond acceptors (Lipinski definition) is 2. The fourth-order valence-electron chi connectivity index (χ4n) is 3.12. The van der Waals surface area contributed by atoms with Crippen molar-refractivity contribution in [3.8, 4) is 0 Å². The summed E-state index contributed by atoms with van der Waals surface area (Å²) in [6.45, 7) is 8.07. The van der Waals surface area contributed by atoms with Crippen LogP contribution in [0.1, 0.15) is 35.2 Å². The molecule has 2 aromatic heterocycles. The van der Waals surface area contributed by atoms with Crippen LogP contribution in [0.4, 0.5) is 0 Å². The highest BCUT2D eigenvalue weighted by atomic mass is 127. The SMILES string of the molecule is CN=C(NCCc1cn2cccc(C)c2n1)NCC(C)c1ccc(C)cc1.I. The Labute approximate surface area is 184 Å². The zero-order valence-electron chi connectivity index (χ0n) is 17.1. The molecule has 0 fully saturated rings. The van der Waals surface area contributed by atoms with Gasteiger partial charge in [-0.1, -0.05) is 42.8 Å². The van der Waals surface area contributed by atoms with E-state index in [1.54, 1.807) is 7.05 Å². The smallest absolute Gasteiger partial charge is 0.191 e. The van der Waals surface area contributed by atoms with Crippen LogP contribution in [-0.2, 0) is 6.42 Å². The molecule has 0 aliphatic heterocycles. The molecule has 0 aliphatic rings. The first kappa shape index (κ1) is 22.2. The van der Waals surface area contributed by atoms with Crippen molar-refractivity contribution in [3.05, 3.63) is 71.2 Å². The number of nitrogens with zero attached hydrogens (tertiary/aromatic N) is 3. The van der Waals surface area contributed by atoms with Gasteiger partial charge in [0, 0.05) is 39.0 Å². The third-order valence-corrected chi connectivity index (χ3v) is 4.85. The minimum Gasteiger partial charge on any atom is -0.356 e. The Kier molecular flexibility index (Phi) is 8.29. The molecular formula is C22H30IN5. The molecule has 1 unspecified atom stereocenters. The van der Waals surface area contributed by atoms with Crippen molar-refractivity contribution < 1.29 is 0 Å². The van der Waals surface area contributed by atoms with Crippen LogP contribution in [0.5, 0.6) is 0 Å². The van der Waals surface area contributed by atoms with Crippen molar-refractivity contribution in [1.82, 2.24) is 20.0 Å². The molecular weight excluding hydrogens is 461 g/mol. The van der Waals surface area contributed by atoms with E-state index in [0.717, 1.165) is 36.8 Å². The summed E-state index contributed by atoms with van der Waals surface area (Å²) in [5.41, 5.74) is 5.93. The number of rotatable bonds is 6. The zero-order valence-corrected chi connectivity index (χ0v) is 19.4. The maximum atomic E-state index is 4.72. The average molecular weight is 491 g/mol. The highest BCUT2D eigenvalue weighted by Gasteiger charge is 2.07. The van der Waals surface area contributed by atoms with E-state index in [1.165, 1.54) is 16.7 Å². The fraction of sp³-hybridized carbons (Fsp3) is 0.364. The number of fused-ring (bicyclic) bond motifs is 1. The lowest BCUT2D eigenvalue weighted by atomic mass is 10.0. The van der Waals surface area contributed by atoms with Crippen molar-refractivity contribution in [2.75, 3.05) is 20.1 Å². The quantitative estimate of drug-likeness (QED) is 0.311. The van der Waals surface area contributed by atoms with E-state index in [9.17, 15) is 0 Å². The Morgan fingerprint density at radius 2 is 1.89 bits per heavy atom. The first-order valence-corrected chi connectivity index (χ1v) is 9.51. The number of guanidine groups is 1. The molecule has 3 rings (SSSR count). The lowest BCUT2D eigenvalue weighted by Gasteiger charge is -2.16. The van der Waals surface area contributed by atoms with Gasteiger partial charge in [-0.3, -0.25) is 4.99 Å². The van der Waals surface area contributed by atoms with Crippen molar-refractivity contribution in [3.63, 3.8) is 0 Å². The molecule has 3 aromatic rings. The molecule has 1 aromatic carbocycles. The summed E-state index contributed by atoms with van der Waals surface area (Å²) in [6.07, 6.45) is 4.99. The summed E-state index contributed by atoms with van der Waals surface area (Å²) in [7, 11) is 1.81. The molecule has 0 radical (unpaired) electrons.